The molecule has 19 heavy (non-hydrogen) atoms. The van der Waals surface area contributed by atoms with E-state index < -0.39 is 0 Å². The summed E-state index contributed by atoms with van der Waals surface area (Å²) in [7, 11) is 1.82. The molecule has 0 saturated heterocycles. The van der Waals surface area contributed by atoms with Gasteiger partial charge in [-0.3, -0.25) is 10.1 Å². The first-order valence-electron chi connectivity index (χ1n) is 5.43. The van der Waals surface area contributed by atoms with Crippen LogP contribution in [0.4, 0.5) is 0 Å². The van der Waals surface area contributed by atoms with Gasteiger partial charge in [0.1, 0.15) is 11.5 Å². The molecule has 96 valence electrons. The molecular weight excluding hydrogens is 266 g/mol. The molecule has 0 unspecified atom stereocenters. The molecule has 0 amide bonds. The molecule has 3 aromatic rings. The summed E-state index contributed by atoms with van der Waals surface area (Å²) in [6.45, 7) is 0. The van der Waals surface area contributed by atoms with E-state index in [9.17, 15) is 0 Å². The van der Waals surface area contributed by atoms with E-state index in [4.69, 9.17) is 16.7 Å². The Labute approximate surface area is 112 Å². The highest BCUT2D eigenvalue weighted by Crippen LogP contribution is 2.12. The van der Waals surface area contributed by atoms with Crippen LogP contribution >= 0.6 is 12.2 Å². The predicted octanol–water partition coefficient (Wildman–Crippen LogP) is 0.908. The van der Waals surface area contributed by atoms with Crippen molar-refractivity contribution < 1.29 is 4.52 Å². The van der Waals surface area contributed by atoms with E-state index in [0.717, 1.165) is 5.82 Å². The van der Waals surface area contributed by atoms with Gasteiger partial charge in [0.15, 0.2) is 4.77 Å². The molecule has 0 bridgehead atoms. The molecule has 3 rings (SSSR count). The van der Waals surface area contributed by atoms with Crippen molar-refractivity contribution in [3.8, 4) is 11.5 Å². The Kier molecular flexibility index (Phi) is 2.88. The minimum atomic E-state index is 0.400. The molecule has 3 heterocycles. The molecule has 0 aromatic carbocycles. The van der Waals surface area contributed by atoms with Gasteiger partial charge in [-0.05, 0) is 12.2 Å². The number of nitrogens with one attached hydrogen (secondary N) is 1. The quantitative estimate of drug-likeness (QED) is 0.709. The summed E-state index contributed by atoms with van der Waals surface area (Å²) >= 11 is 5.03. The average Bonchev–Trinajstić information content (AvgIpc) is 3.02. The number of hydrogen-bond acceptors (Lipinski definition) is 7. The van der Waals surface area contributed by atoms with E-state index in [1.165, 1.54) is 0 Å². The molecule has 1 N–H and O–H groups in total. The summed E-state index contributed by atoms with van der Waals surface area (Å²) in [4.78, 5) is 12.3. The van der Waals surface area contributed by atoms with Crippen LogP contribution in [0.25, 0.3) is 11.5 Å². The fourth-order valence-electron chi connectivity index (χ4n) is 1.52. The monoisotopic (exact) mass is 275 g/mol. The lowest BCUT2D eigenvalue weighted by Crippen LogP contribution is -1.99. The van der Waals surface area contributed by atoms with Crippen LogP contribution in [0, 0.1) is 4.77 Å². The van der Waals surface area contributed by atoms with Crippen LogP contribution in [-0.4, -0.2) is 34.9 Å². The van der Waals surface area contributed by atoms with Gasteiger partial charge in [0, 0.05) is 19.4 Å². The van der Waals surface area contributed by atoms with Crippen LogP contribution in [-0.2, 0) is 13.5 Å². The van der Waals surface area contributed by atoms with Gasteiger partial charge >= 0.3 is 0 Å². The van der Waals surface area contributed by atoms with Crippen LogP contribution < -0.4 is 0 Å². The lowest BCUT2D eigenvalue weighted by molar-refractivity contribution is 0.382. The van der Waals surface area contributed by atoms with Crippen LogP contribution in [0.15, 0.2) is 23.1 Å². The van der Waals surface area contributed by atoms with Crippen LogP contribution in [0.1, 0.15) is 11.7 Å². The van der Waals surface area contributed by atoms with Gasteiger partial charge in [-0.15, -0.1) is 0 Å². The average molecular weight is 275 g/mol. The fourth-order valence-corrected chi connectivity index (χ4v) is 1.67. The van der Waals surface area contributed by atoms with E-state index in [0.29, 0.717) is 28.6 Å². The van der Waals surface area contributed by atoms with Crippen molar-refractivity contribution >= 4 is 12.2 Å². The van der Waals surface area contributed by atoms with Crippen LogP contribution in [0.5, 0.6) is 0 Å². The standard InChI is InChI=1S/C10H9N7OS/c1-17-7(14-15-10(17)19)4-8-13-9(16-18-8)6-5-11-2-3-12-6/h2-3,5H,4H2,1H3,(H,15,19). The zero-order chi connectivity index (χ0) is 13.2. The highest BCUT2D eigenvalue weighted by molar-refractivity contribution is 7.71. The zero-order valence-electron chi connectivity index (χ0n) is 9.94. The van der Waals surface area contributed by atoms with Gasteiger partial charge < -0.3 is 9.09 Å². The maximum atomic E-state index is 5.16. The normalized spacial score (nSPS) is 10.8. The van der Waals surface area contributed by atoms with Crippen molar-refractivity contribution in [3.05, 3.63) is 35.1 Å². The minimum absolute atomic E-state index is 0.400. The van der Waals surface area contributed by atoms with Crippen LogP contribution in [0.2, 0.25) is 0 Å². The Balaban J connectivity index is 1.86. The molecule has 8 nitrogen and oxygen atoms in total. The van der Waals surface area contributed by atoms with Gasteiger partial charge in [-0.25, -0.2) is 4.98 Å². The van der Waals surface area contributed by atoms with Gasteiger partial charge in [0.05, 0.1) is 12.6 Å². The van der Waals surface area contributed by atoms with Gasteiger partial charge in [0.25, 0.3) is 0 Å². The summed E-state index contributed by atoms with van der Waals surface area (Å²) in [5.74, 6) is 1.57. The Bertz CT molecular complexity index is 745. The Hall–Kier alpha value is -2.42. The van der Waals surface area contributed by atoms with Gasteiger partial charge in [-0.2, -0.15) is 10.1 Å². The number of aromatic nitrogens is 7. The van der Waals surface area contributed by atoms with Crippen molar-refractivity contribution in [3.63, 3.8) is 0 Å². The van der Waals surface area contributed by atoms with Gasteiger partial charge in [-0.1, -0.05) is 5.16 Å². The maximum Gasteiger partial charge on any atom is 0.234 e. The first-order valence-corrected chi connectivity index (χ1v) is 5.84. The second-order valence-corrected chi connectivity index (χ2v) is 4.17. The van der Waals surface area contributed by atoms with E-state index >= 15 is 0 Å². The summed E-state index contributed by atoms with van der Waals surface area (Å²) in [6, 6.07) is 0. The van der Waals surface area contributed by atoms with Crippen molar-refractivity contribution in [1.82, 2.24) is 34.9 Å². The molecule has 0 radical (unpaired) electrons. The molecule has 0 aliphatic rings. The molecule has 0 saturated carbocycles. The second-order valence-electron chi connectivity index (χ2n) is 3.78. The van der Waals surface area contributed by atoms with Crippen molar-refractivity contribution in [1.29, 1.82) is 0 Å². The third-order valence-corrected chi connectivity index (χ3v) is 2.91. The Morgan fingerprint density at radius 2 is 2.32 bits per heavy atom. The number of rotatable bonds is 3. The SMILES string of the molecule is Cn1c(Cc2nc(-c3cnccn3)no2)n[nH]c1=S. The van der Waals surface area contributed by atoms with E-state index in [-0.39, 0.29) is 0 Å². The minimum Gasteiger partial charge on any atom is -0.338 e. The van der Waals surface area contributed by atoms with E-state index in [1.54, 1.807) is 23.2 Å². The molecule has 0 atom stereocenters. The first kappa shape index (κ1) is 11.7. The number of aromatic amines is 1. The molecule has 9 heteroatoms. The third kappa shape index (κ3) is 2.27. The summed E-state index contributed by atoms with van der Waals surface area (Å²) in [5, 5.41) is 10.6. The molecule has 0 spiro atoms. The fraction of sp³-hybridized carbons (Fsp3) is 0.200. The highest BCUT2D eigenvalue weighted by atomic mass is 32.1. The maximum absolute atomic E-state index is 5.16. The van der Waals surface area contributed by atoms with Crippen LogP contribution in [0.3, 0.4) is 0 Å². The number of nitrogens with zero attached hydrogens (tertiary/aromatic N) is 6. The molecule has 0 aliphatic heterocycles. The van der Waals surface area contributed by atoms with E-state index in [2.05, 4.69) is 30.3 Å². The zero-order valence-corrected chi connectivity index (χ0v) is 10.8. The van der Waals surface area contributed by atoms with Crippen molar-refractivity contribution in [2.45, 2.75) is 6.42 Å². The Morgan fingerprint density at radius 1 is 1.42 bits per heavy atom. The predicted molar refractivity (Wildman–Crippen MR) is 66.5 cm³/mol. The topological polar surface area (TPSA) is 98.3 Å². The molecular formula is C10H9N7OS. The Morgan fingerprint density at radius 3 is 3.00 bits per heavy atom. The highest BCUT2D eigenvalue weighted by Gasteiger charge is 2.12. The summed E-state index contributed by atoms with van der Waals surface area (Å²) in [6.07, 6.45) is 5.13. The van der Waals surface area contributed by atoms with E-state index in [1.807, 2.05) is 7.05 Å². The molecule has 0 aliphatic carbocycles. The van der Waals surface area contributed by atoms with Crippen molar-refractivity contribution in [2.24, 2.45) is 7.05 Å². The largest absolute Gasteiger partial charge is 0.338 e. The van der Waals surface area contributed by atoms with Gasteiger partial charge in [0.2, 0.25) is 11.7 Å². The summed E-state index contributed by atoms with van der Waals surface area (Å²) in [5.41, 5.74) is 0.563. The third-order valence-electron chi connectivity index (χ3n) is 2.54. The lowest BCUT2D eigenvalue weighted by atomic mass is 10.4. The number of hydrogen-bond donors (Lipinski definition) is 1. The number of H-pyrrole nitrogens is 1. The first-order chi connectivity index (χ1) is 9.24. The van der Waals surface area contributed by atoms with Crippen molar-refractivity contribution in [2.75, 3.05) is 0 Å². The smallest absolute Gasteiger partial charge is 0.234 e. The molecule has 3 aromatic heterocycles. The molecule has 0 fully saturated rings. The summed E-state index contributed by atoms with van der Waals surface area (Å²) < 4.78 is 7.45. The second kappa shape index (κ2) is 4.69. The lowest BCUT2D eigenvalue weighted by Gasteiger charge is -1.94.